The molecule has 1 aliphatic heterocycles. The molecule has 70 valence electrons. The minimum atomic E-state index is -0.930. The van der Waals surface area contributed by atoms with Crippen LogP contribution in [0.3, 0.4) is 0 Å². The predicted molar refractivity (Wildman–Crippen MR) is 39.5 cm³/mol. The lowest BCUT2D eigenvalue weighted by atomic mass is 10.3. The molecular weight excluding hydrogens is 164 g/mol. The number of hydrogen-bond acceptors (Lipinski definition) is 4. The van der Waals surface area contributed by atoms with E-state index in [9.17, 15) is 4.79 Å². The van der Waals surface area contributed by atoms with Crippen LogP contribution < -0.4 is 5.90 Å². The fourth-order valence-electron chi connectivity index (χ4n) is 1.10. The minimum Gasteiger partial charge on any atom is -0.465 e. The van der Waals surface area contributed by atoms with Crippen molar-refractivity contribution in [1.29, 1.82) is 0 Å². The Labute approximate surface area is 69.8 Å². The number of morpholine rings is 1. The number of nitrogens with two attached hydrogens (primary N) is 1. The first-order chi connectivity index (χ1) is 5.74. The quantitative estimate of drug-likeness (QED) is 0.541. The van der Waals surface area contributed by atoms with Gasteiger partial charge in [0.1, 0.15) is 6.10 Å². The number of hydrogen-bond donors (Lipinski definition) is 2. The molecule has 0 aromatic rings. The Balaban J connectivity index is 2.35. The summed E-state index contributed by atoms with van der Waals surface area (Å²) in [5.41, 5.74) is 0. The maximum Gasteiger partial charge on any atom is 0.407 e. The molecule has 6 heteroatoms. The lowest BCUT2D eigenvalue weighted by molar-refractivity contribution is -0.0635. The van der Waals surface area contributed by atoms with Gasteiger partial charge < -0.3 is 19.6 Å². The van der Waals surface area contributed by atoms with E-state index in [1.165, 1.54) is 4.90 Å². The molecule has 1 fully saturated rings. The largest absolute Gasteiger partial charge is 0.465 e. The first-order valence-electron chi connectivity index (χ1n) is 3.65. The Morgan fingerprint density at radius 3 is 3.17 bits per heavy atom. The van der Waals surface area contributed by atoms with Crippen LogP contribution in [0.25, 0.3) is 0 Å². The van der Waals surface area contributed by atoms with Crippen LogP contribution in [0, 0.1) is 0 Å². The maximum absolute atomic E-state index is 10.5. The van der Waals surface area contributed by atoms with Crippen molar-refractivity contribution >= 4 is 6.09 Å². The van der Waals surface area contributed by atoms with Gasteiger partial charge in [0.15, 0.2) is 0 Å². The highest BCUT2D eigenvalue weighted by Crippen LogP contribution is 2.04. The van der Waals surface area contributed by atoms with E-state index in [0.29, 0.717) is 19.7 Å². The molecule has 3 N–H and O–H groups in total. The minimum absolute atomic E-state index is 0.226. The second-order valence-electron chi connectivity index (χ2n) is 2.55. The van der Waals surface area contributed by atoms with Crippen LogP contribution in [0.15, 0.2) is 0 Å². The molecule has 1 aliphatic rings. The smallest absolute Gasteiger partial charge is 0.407 e. The van der Waals surface area contributed by atoms with Crippen molar-refractivity contribution in [2.45, 2.75) is 6.10 Å². The summed E-state index contributed by atoms with van der Waals surface area (Å²) in [4.78, 5) is 16.2. The molecule has 0 radical (unpaired) electrons. The summed E-state index contributed by atoms with van der Waals surface area (Å²) in [5.74, 6) is 4.83. The number of carboxylic acid groups (broad SMARTS) is 1. The summed E-state index contributed by atoms with van der Waals surface area (Å²) >= 11 is 0. The van der Waals surface area contributed by atoms with Crippen LogP contribution in [0.4, 0.5) is 4.79 Å². The van der Waals surface area contributed by atoms with Crippen molar-refractivity contribution in [3.8, 4) is 0 Å². The van der Waals surface area contributed by atoms with Gasteiger partial charge in [-0.05, 0) is 0 Å². The lowest BCUT2D eigenvalue weighted by Crippen LogP contribution is -2.46. The molecule has 1 heterocycles. The zero-order chi connectivity index (χ0) is 8.97. The van der Waals surface area contributed by atoms with Gasteiger partial charge in [0, 0.05) is 6.54 Å². The van der Waals surface area contributed by atoms with Gasteiger partial charge in [-0.15, -0.1) is 0 Å². The summed E-state index contributed by atoms with van der Waals surface area (Å²) in [6, 6.07) is 0. The van der Waals surface area contributed by atoms with E-state index in [4.69, 9.17) is 15.7 Å². The van der Waals surface area contributed by atoms with Gasteiger partial charge in [-0.25, -0.2) is 10.7 Å². The monoisotopic (exact) mass is 176 g/mol. The topological polar surface area (TPSA) is 85.0 Å². The molecule has 1 saturated heterocycles. The van der Waals surface area contributed by atoms with E-state index in [1.807, 2.05) is 0 Å². The Morgan fingerprint density at radius 2 is 2.58 bits per heavy atom. The Morgan fingerprint density at radius 1 is 1.83 bits per heavy atom. The molecule has 0 aliphatic carbocycles. The highest BCUT2D eigenvalue weighted by molar-refractivity contribution is 5.65. The molecule has 1 amide bonds. The third-order valence-electron chi connectivity index (χ3n) is 1.69. The molecule has 0 unspecified atom stereocenters. The fraction of sp³-hybridized carbons (Fsp3) is 0.833. The van der Waals surface area contributed by atoms with Crippen LogP contribution >= 0.6 is 0 Å². The Bertz CT molecular complexity index is 162. The zero-order valence-electron chi connectivity index (χ0n) is 6.60. The van der Waals surface area contributed by atoms with Crippen LogP contribution in [-0.2, 0) is 9.57 Å². The average Bonchev–Trinajstić information content (AvgIpc) is 2.05. The highest BCUT2D eigenvalue weighted by Gasteiger charge is 2.23. The normalized spacial score (nSPS) is 24.1. The summed E-state index contributed by atoms with van der Waals surface area (Å²) in [7, 11) is 0. The maximum atomic E-state index is 10.5. The van der Waals surface area contributed by atoms with E-state index < -0.39 is 6.09 Å². The van der Waals surface area contributed by atoms with Gasteiger partial charge in [-0.1, -0.05) is 0 Å². The van der Waals surface area contributed by atoms with Gasteiger partial charge in [0.25, 0.3) is 0 Å². The van der Waals surface area contributed by atoms with Crippen molar-refractivity contribution in [1.82, 2.24) is 4.90 Å². The van der Waals surface area contributed by atoms with Gasteiger partial charge in [0.05, 0.1) is 19.8 Å². The van der Waals surface area contributed by atoms with Crippen LogP contribution in [-0.4, -0.2) is 48.5 Å². The second-order valence-corrected chi connectivity index (χ2v) is 2.55. The van der Waals surface area contributed by atoms with Gasteiger partial charge in [-0.2, -0.15) is 0 Å². The van der Waals surface area contributed by atoms with Crippen LogP contribution in [0.1, 0.15) is 0 Å². The van der Waals surface area contributed by atoms with E-state index in [0.717, 1.165) is 0 Å². The summed E-state index contributed by atoms with van der Waals surface area (Å²) in [5, 5.41) is 8.62. The Hall–Kier alpha value is -0.850. The van der Waals surface area contributed by atoms with E-state index >= 15 is 0 Å². The molecule has 1 atom stereocenters. The number of amides is 1. The van der Waals surface area contributed by atoms with E-state index in [-0.39, 0.29) is 12.7 Å². The van der Waals surface area contributed by atoms with Gasteiger partial charge in [0.2, 0.25) is 0 Å². The van der Waals surface area contributed by atoms with Crippen LogP contribution in [0.2, 0.25) is 0 Å². The summed E-state index contributed by atoms with van der Waals surface area (Å²) < 4.78 is 5.19. The van der Waals surface area contributed by atoms with Gasteiger partial charge in [-0.3, -0.25) is 0 Å². The Kier molecular flexibility index (Phi) is 3.27. The number of ether oxygens (including phenoxy) is 1. The second kappa shape index (κ2) is 4.24. The molecule has 1 rings (SSSR count). The molecule has 0 aromatic carbocycles. The molecular formula is C6H12N2O4. The molecule has 0 aromatic heterocycles. The first-order valence-corrected chi connectivity index (χ1v) is 3.65. The third-order valence-corrected chi connectivity index (χ3v) is 1.69. The molecule has 0 spiro atoms. The number of rotatable bonds is 2. The third kappa shape index (κ3) is 2.33. The number of nitrogens with zero attached hydrogens (tertiary/aromatic N) is 1. The molecule has 0 saturated carbocycles. The van der Waals surface area contributed by atoms with Gasteiger partial charge >= 0.3 is 6.09 Å². The van der Waals surface area contributed by atoms with E-state index in [2.05, 4.69) is 4.84 Å². The van der Waals surface area contributed by atoms with E-state index in [1.54, 1.807) is 0 Å². The SMILES string of the molecule is NOC[C@@H]1CN(C(=O)O)CCO1. The van der Waals surface area contributed by atoms with Crippen molar-refractivity contribution < 1.29 is 19.5 Å². The lowest BCUT2D eigenvalue weighted by Gasteiger charge is -2.30. The van der Waals surface area contributed by atoms with Crippen molar-refractivity contribution in [2.75, 3.05) is 26.3 Å². The number of carbonyl (C=O) groups is 1. The molecule has 12 heavy (non-hydrogen) atoms. The van der Waals surface area contributed by atoms with Crippen molar-refractivity contribution in [3.63, 3.8) is 0 Å². The standard InChI is InChI=1S/C6H12N2O4/c7-12-4-5-3-8(6(9)10)1-2-11-5/h5H,1-4,7H2,(H,9,10)/t5-/m0/s1. The van der Waals surface area contributed by atoms with Crippen LogP contribution in [0.5, 0.6) is 0 Å². The fourth-order valence-corrected chi connectivity index (χ4v) is 1.10. The zero-order valence-corrected chi connectivity index (χ0v) is 6.60. The first kappa shape index (κ1) is 9.24. The predicted octanol–water partition coefficient (Wildman–Crippen LogP) is -0.745. The average molecular weight is 176 g/mol. The highest BCUT2D eigenvalue weighted by atomic mass is 16.6. The summed E-state index contributed by atoms with van der Waals surface area (Å²) in [6.45, 7) is 1.37. The van der Waals surface area contributed by atoms with Crippen molar-refractivity contribution in [3.05, 3.63) is 0 Å². The van der Waals surface area contributed by atoms with Crippen molar-refractivity contribution in [2.24, 2.45) is 5.90 Å². The molecule has 0 bridgehead atoms. The summed E-state index contributed by atoms with van der Waals surface area (Å²) in [6.07, 6.45) is -1.17. The molecule has 6 nitrogen and oxygen atoms in total.